The van der Waals surface area contributed by atoms with Gasteiger partial charge in [-0.3, -0.25) is 4.79 Å². The molecule has 0 fully saturated rings. The summed E-state index contributed by atoms with van der Waals surface area (Å²) >= 11 is 0. The molecule has 4 N–H and O–H groups in total. The number of carbonyl (C=O) groups excluding carboxylic acids is 1. The minimum Gasteiger partial charge on any atom is -0.361 e. The molecule has 0 aliphatic carbocycles. The number of aromatic nitrogens is 1. The van der Waals surface area contributed by atoms with Gasteiger partial charge in [-0.15, -0.1) is 6.42 Å². The standard InChI is InChI=1S/C23H24FN5O/c1-3-16-6-5-7-19(12-16)29-22(30)15-28-23(25-4-2)26-11-10-17-14-27-21-9-8-18(24)13-20(17)21/h1,5-9,12-14,27H,4,10-11,15H2,2H3,(H,29,30)(H2,25,26,28). The van der Waals surface area contributed by atoms with Crippen LogP contribution in [0.25, 0.3) is 10.9 Å². The molecule has 1 aromatic heterocycles. The highest BCUT2D eigenvalue weighted by Crippen LogP contribution is 2.19. The second kappa shape index (κ2) is 10.1. The number of amides is 1. The van der Waals surface area contributed by atoms with E-state index in [1.807, 2.05) is 13.1 Å². The summed E-state index contributed by atoms with van der Waals surface area (Å²) in [5.41, 5.74) is 3.25. The van der Waals surface area contributed by atoms with Crippen molar-refractivity contribution in [2.24, 2.45) is 4.99 Å². The summed E-state index contributed by atoms with van der Waals surface area (Å²) in [5, 5.41) is 9.96. The smallest absolute Gasteiger partial charge is 0.246 e. The van der Waals surface area contributed by atoms with Gasteiger partial charge < -0.3 is 20.9 Å². The monoisotopic (exact) mass is 405 g/mol. The summed E-state index contributed by atoms with van der Waals surface area (Å²) in [5.74, 6) is 2.57. The molecule has 2 aromatic carbocycles. The highest BCUT2D eigenvalue weighted by molar-refractivity contribution is 5.94. The first kappa shape index (κ1) is 20.9. The fourth-order valence-electron chi connectivity index (χ4n) is 3.05. The number of terminal acetylenes is 1. The van der Waals surface area contributed by atoms with Crippen molar-refractivity contribution in [3.8, 4) is 12.3 Å². The maximum absolute atomic E-state index is 13.5. The third kappa shape index (κ3) is 5.61. The van der Waals surface area contributed by atoms with Crippen molar-refractivity contribution >= 4 is 28.5 Å². The van der Waals surface area contributed by atoms with Crippen LogP contribution in [0.3, 0.4) is 0 Å². The van der Waals surface area contributed by atoms with E-state index in [0.29, 0.717) is 36.7 Å². The van der Waals surface area contributed by atoms with Crippen LogP contribution in [0.1, 0.15) is 18.1 Å². The molecule has 154 valence electrons. The van der Waals surface area contributed by atoms with E-state index in [1.165, 1.54) is 12.1 Å². The van der Waals surface area contributed by atoms with Crippen molar-refractivity contribution in [3.05, 3.63) is 65.6 Å². The minimum absolute atomic E-state index is 0.0338. The Kier molecular flexibility index (Phi) is 7.06. The van der Waals surface area contributed by atoms with Gasteiger partial charge in [-0.25, -0.2) is 9.38 Å². The number of aliphatic imine (C=N–C) groups is 1. The topological polar surface area (TPSA) is 81.3 Å². The largest absolute Gasteiger partial charge is 0.361 e. The van der Waals surface area contributed by atoms with Gasteiger partial charge in [-0.1, -0.05) is 12.0 Å². The molecule has 3 rings (SSSR count). The van der Waals surface area contributed by atoms with Crippen LogP contribution in [0, 0.1) is 18.2 Å². The lowest BCUT2D eigenvalue weighted by Crippen LogP contribution is -2.39. The average Bonchev–Trinajstić information content (AvgIpc) is 3.14. The Morgan fingerprint density at radius 3 is 2.90 bits per heavy atom. The summed E-state index contributed by atoms with van der Waals surface area (Å²) in [4.78, 5) is 19.7. The summed E-state index contributed by atoms with van der Waals surface area (Å²) in [6, 6.07) is 11.8. The number of hydrogen-bond donors (Lipinski definition) is 4. The molecule has 0 bridgehead atoms. The number of H-pyrrole nitrogens is 1. The molecule has 30 heavy (non-hydrogen) atoms. The number of anilines is 1. The van der Waals surface area contributed by atoms with E-state index in [1.54, 1.807) is 30.3 Å². The number of nitrogens with one attached hydrogen (secondary N) is 4. The molecular weight excluding hydrogens is 381 g/mol. The zero-order valence-electron chi connectivity index (χ0n) is 16.8. The van der Waals surface area contributed by atoms with E-state index < -0.39 is 0 Å². The molecule has 7 heteroatoms. The minimum atomic E-state index is -0.259. The maximum atomic E-state index is 13.5. The maximum Gasteiger partial charge on any atom is 0.246 e. The third-order valence-corrected chi connectivity index (χ3v) is 4.45. The number of benzene rings is 2. The first-order valence-corrected chi connectivity index (χ1v) is 9.73. The number of carbonyl (C=O) groups is 1. The van der Waals surface area contributed by atoms with Gasteiger partial charge in [0.05, 0.1) is 0 Å². The molecule has 1 amide bonds. The summed E-state index contributed by atoms with van der Waals surface area (Å²) in [6.07, 6.45) is 7.94. The molecule has 0 atom stereocenters. The summed E-state index contributed by atoms with van der Waals surface area (Å²) in [7, 11) is 0. The first-order chi connectivity index (χ1) is 14.6. The molecule has 0 saturated carbocycles. The van der Waals surface area contributed by atoms with Gasteiger partial charge >= 0.3 is 0 Å². The van der Waals surface area contributed by atoms with Gasteiger partial charge in [0.15, 0.2) is 5.96 Å². The predicted molar refractivity (Wildman–Crippen MR) is 119 cm³/mol. The number of halogens is 1. The number of guanidine groups is 1. The van der Waals surface area contributed by atoms with Crippen molar-refractivity contribution < 1.29 is 9.18 Å². The van der Waals surface area contributed by atoms with Crippen LogP contribution in [0.4, 0.5) is 10.1 Å². The van der Waals surface area contributed by atoms with Crippen molar-refractivity contribution in [2.45, 2.75) is 13.3 Å². The average molecular weight is 405 g/mol. The summed E-state index contributed by atoms with van der Waals surface area (Å²) < 4.78 is 13.5. The first-order valence-electron chi connectivity index (χ1n) is 9.73. The number of fused-ring (bicyclic) bond motifs is 1. The molecule has 0 saturated heterocycles. The van der Waals surface area contributed by atoms with E-state index >= 15 is 0 Å². The van der Waals surface area contributed by atoms with Gasteiger partial charge in [-0.2, -0.15) is 0 Å². The molecule has 0 aliphatic rings. The van der Waals surface area contributed by atoms with Crippen molar-refractivity contribution in [3.63, 3.8) is 0 Å². The molecule has 6 nitrogen and oxygen atoms in total. The van der Waals surface area contributed by atoms with Crippen LogP contribution < -0.4 is 16.0 Å². The number of nitrogens with zero attached hydrogens (tertiary/aromatic N) is 1. The molecule has 1 heterocycles. The molecule has 3 aromatic rings. The third-order valence-electron chi connectivity index (χ3n) is 4.45. The quantitative estimate of drug-likeness (QED) is 0.277. The Morgan fingerprint density at radius 2 is 2.10 bits per heavy atom. The van der Waals surface area contributed by atoms with E-state index in [0.717, 1.165) is 16.5 Å². The van der Waals surface area contributed by atoms with Crippen molar-refractivity contribution in [1.82, 2.24) is 15.6 Å². The van der Waals surface area contributed by atoms with Gasteiger partial charge in [-0.05, 0) is 55.3 Å². The Hall–Kier alpha value is -3.79. The second-order valence-corrected chi connectivity index (χ2v) is 6.65. The number of rotatable bonds is 7. The number of hydrogen-bond acceptors (Lipinski definition) is 2. The van der Waals surface area contributed by atoms with Crippen LogP contribution in [-0.4, -0.2) is 36.5 Å². The highest BCUT2D eigenvalue weighted by atomic mass is 19.1. The Balaban J connectivity index is 1.55. The van der Waals surface area contributed by atoms with Crippen LogP contribution >= 0.6 is 0 Å². The van der Waals surface area contributed by atoms with Crippen molar-refractivity contribution in [1.29, 1.82) is 0 Å². The SMILES string of the molecule is C#Cc1cccc(NC(=O)CN=C(NCC)NCCc2c[nH]c3ccc(F)cc23)c1. The fraction of sp³-hybridized carbons (Fsp3) is 0.217. The second-order valence-electron chi connectivity index (χ2n) is 6.65. The van der Waals surface area contributed by atoms with E-state index in [9.17, 15) is 9.18 Å². The predicted octanol–water partition coefficient (Wildman–Crippen LogP) is 3.02. The lowest BCUT2D eigenvalue weighted by Gasteiger charge is -2.11. The van der Waals surface area contributed by atoms with Gasteiger partial charge in [0.25, 0.3) is 0 Å². The highest BCUT2D eigenvalue weighted by Gasteiger charge is 2.07. The Bertz CT molecular complexity index is 1100. The van der Waals surface area contributed by atoms with E-state index in [2.05, 4.69) is 31.8 Å². The molecule has 0 spiro atoms. The fourth-order valence-corrected chi connectivity index (χ4v) is 3.05. The lowest BCUT2D eigenvalue weighted by atomic mass is 10.1. The zero-order chi connectivity index (χ0) is 21.3. The van der Waals surface area contributed by atoms with Crippen molar-refractivity contribution in [2.75, 3.05) is 25.0 Å². The van der Waals surface area contributed by atoms with Crippen LogP contribution in [0.5, 0.6) is 0 Å². The zero-order valence-corrected chi connectivity index (χ0v) is 16.8. The Morgan fingerprint density at radius 1 is 1.23 bits per heavy atom. The van der Waals surface area contributed by atoms with Gasteiger partial charge in [0, 0.05) is 41.4 Å². The number of aromatic amines is 1. The molecule has 0 aliphatic heterocycles. The molecule has 0 unspecified atom stereocenters. The lowest BCUT2D eigenvalue weighted by molar-refractivity contribution is -0.114. The van der Waals surface area contributed by atoms with Crippen LogP contribution in [0.2, 0.25) is 0 Å². The van der Waals surface area contributed by atoms with Crippen LogP contribution in [0.15, 0.2) is 53.7 Å². The van der Waals surface area contributed by atoms with Gasteiger partial charge in [0.2, 0.25) is 5.91 Å². The molecular formula is C23H24FN5O. The van der Waals surface area contributed by atoms with Gasteiger partial charge in [0.1, 0.15) is 12.4 Å². The summed E-state index contributed by atoms with van der Waals surface area (Å²) in [6.45, 7) is 3.16. The molecule has 0 radical (unpaired) electrons. The Labute approximate surface area is 175 Å². The van der Waals surface area contributed by atoms with E-state index in [4.69, 9.17) is 6.42 Å². The normalized spacial score (nSPS) is 11.2. The van der Waals surface area contributed by atoms with Crippen LogP contribution in [-0.2, 0) is 11.2 Å². The van der Waals surface area contributed by atoms with E-state index in [-0.39, 0.29) is 18.3 Å².